The first-order chi connectivity index (χ1) is 10.5. The zero-order chi connectivity index (χ0) is 15.7. The first-order valence-corrected chi connectivity index (χ1v) is 8.37. The predicted octanol–water partition coefficient (Wildman–Crippen LogP) is 2.58. The van der Waals surface area contributed by atoms with Crippen LogP contribution in [0.2, 0.25) is 0 Å². The number of rotatable bonds is 3. The van der Waals surface area contributed by atoms with E-state index < -0.39 is 15.8 Å². The van der Waals surface area contributed by atoms with Gasteiger partial charge in [-0.05, 0) is 29.7 Å². The van der Waals surface area contributed by atoms with Crippen molar-refractivity contribution in [2.75, 3.05) is 13.7 Å². The molecule has 116 valence electrons. The summed E-state index contributed by atoms with van der Waals surface area (Å²) in [6.07, 6.45) is 0.674. The minimum absolute atomic E-state index is 0.0464. The van der Waals surface area contributed by atoms with Gasteiger partial charge in [0, 0.05) is 19.2 Å². The van der Waals surface area contributed by atoms with Crippen LogP contribution in [0.1, 0.15) is 11.1 Å². The molecule has 0 radical (unpaired) electrons. The van der Waals surface area contributed by atoms with Crippen LogP contribution in [0.25, 0.3) is 0 Å². The van der Waals surface area contributed by atoms with Gasteiger partial charge in [0.15, 0.2) is 11.6 Å². The first kappa shape index (κ1) is 15.0. The molecule has 0 unspecified atom stereocenters. The maximum Gasteiger partial charge on any atom is 0.243 e. The normalized spacial score (nSPS) is 15.4. The molecule has 0 amide bonds. The maximum atomic E-state index is 13.5. The largest absolute Gasteiger partial charge is 0.494 e. The number of nitrogens with zero attached hydrogens (tertiary/aromatic N) is 1. The second-order valence-corrected chi connectivity index (χ2v) is 7.09. The smallest absolute Gasteiger partial charge is 0.243 e. The van der Waals surface area contributed by atoms with E-state index in [1.165, 1.54) is 29.1 Å². The average Bonchev–Trinajstić information content (AvgIpc) is 2.54. The summed E-state index contributed by atoms with van der Waals surface area (Å²) in [5, 5.41) is 0. The summed E-state index contributed by atoms with van der Waals surface area (Å²) in [4.78, 5) is 0.0464. The molecule has 3 rings (SSSR count). The third kappa shape index (κ3) is 2.60. The van der Waals surface area contributed by atoms with Crippen LogP contribution in [0, 0.1) is 5.82 Å². The molecule has 0 saturated carbocycles. The van der Waals surface area contributed by atoms with Crippen molar-refractivity contribution >= 4 is 10.0 Å². The van der Waals surface area contributed by atoms with Crippen molar-refractivity contribution in [1.29, 1.82) is 0 Å². The van der Waals surface area contributed by atoms with E-state index in [4.69, 9.17) is 4.74 Å². The Hall–Kier alpha value is -1.92. The van der Waals surface area contributed by atoms with E-state index in [0.717, 1.165) is 11.6 Å². The Bertz CT molecular complexity index is 805. The van der Waals surface area contributed by atoms with Crippen LogP contribution in [0.3, 0.4) is 0 Å². The number of fused-ring (bicyclic) bond motifs is 1. The number of hydrogen-bond acceptors (Lipinski definition) is 3. The molecule has 0 aliphatic carbocycles. The molecule has 0 spiro atoms. The summed E-state index contributed by atoms with van der Waals surface area (Å²) in [5.74, 6) is -0.649. The minimum atomic E-state index is -3.67. The van der Waals surface area contributed by atoms with Crippen molar-refractivity contribution in [3.05, 3.63) is 59.4 Å². The lowest BCUT2D eigenvalue weighted by Gasteiger charge is -2.28. The molecule has 1 aliphatic heterocycles. The average molecular weight is 321 g/mol. The first-order valence-electron chi connectivity index (χ1n) is 6.93. The lowest BCUT2D eigenvalue weighted by Crippen LogP contribution is -2.35. The third-order valence-corrected chi connectivity index (χ3v) is 5.70. The Labute approximate surface area is 129 Å². The van der Waals surface area contributed by atoms with Crippen LogP contribution in [-0.4, -0.2) is 26.4 Å². The third-order valence-electron chi connectivity index (χ3n) is 3.86. The van der Waals surface area contributed by atoms with Gasteiger partial charge < -0.3 is 4.74 Å². The van der Waals surface area contributed by atoms with E-state index in [1.54, 1.807) is 0 Å². The van der Waals surface area contributed by atoms with Crippen molar-refractivity contribution < 1.29 is 17.5 Å². The predicted molar refractivity (Wildman–Crippen MR) is 80.7 cm³/mol. The van der Waals surface area contributed by atoms with E-state index >= 15 is 0 Å². The van der Waals surface area contributed by atoms with Gasteiger partial charge in [0.1, 0.15) is 0 Å². The lowest BCUT2D eigenvalue weighted by molar-refractivity contribution is 0.380. The molecule has 0 saturated heterocycles. The zero-order valence-electron chi connectivity index (χ0n) is 12.1. The molecular weight excluding hydrogens is 305 g/mol. The fraction of sp³-hybridized carbons (Fsp3) is 0.250. The zero-order valence-corrected chi connectivity index (χ0v) is 12.9. The van der Waals surface area contributed by atoms with Gasteiger partial charge in [-0.15, -0.1) is 0 Å². The topological polar surface area (TPSA) is 46.6 Å². The van der Waals surface area contributed by atoms with Crippen LogP contribution in [-0.2, 0) is 23.0 Å². The summed E-state index contributed by atoms with van der Waals surface area (Å²) >= 11 is 0. The van der Waals surface area contributed by atoms with Crippen LogP contribution in [0.4, 0.5) is 4.39 Å². The fourth-order valence-electron chi connectivity index (χ4n) is 2.62. The molecule has 0 aromatic heterocycles. The van der Waals surface area contributed by atoms with Crippen molar-refractivity contribution in [3.63, 3.8) is 0 Å². The summed E-state index contributed by atoms with van der Waals surface area (Å²) in [5.41, 5.74) is 2.18. The molecule has 0 atom stereocenters. The van der Waals surface area contributed by atoms with E-state index in [1.807, 2.05) is 24.3 Å². The SMILES string of the molecule is COc1cc(S(=O)(=O)N2CCc3ccccc3C2)ccc1F. The van der Waals surface area contributed by atoms with Gasteiger partial charge in [0.2, 0.25) is 10.0 Å². The van der Waals surface area contributed by atoms with Gasteiger partial charge in [0.05, 0.1) is 12.0 Å². The fourth-order valence-corrected chi connectivity index (χ4v) is 4.06. The minimum Gasteiger partial charge on any atom is -0.494 e. The molecular formula is C16H16FNO3S. The monoisotopic (exact) mass is 321 g/mol. The quantitative estimate of drug-likeness (QED) is 0.873. The molecule has 2 aromatic carbocycles. The summed E-state index contributed by atoms with van der Waals surface area (Å²) in [7, 11) is -2.36. The highest BCUT2D eigenvalue weighted by molar-refractivity contribution is 7.89. The number of methoxy groups -OCH3 is 1. The molecule has 0 bridgehead atoms. The summed E-state index contributed by atoms with van der Waals surface area (Å²) in [6.45, 7) is 0.747. The molecule has 0 N–H and O–H groups in total. The highest BCUT2D eigenvalue weighted by Crippen LogP contribution is 2.27. The van der Waals surface area contributed by atoms with Crippen LogP contribution in [0.5, 0.6) is 5.75 Å². The van der Waals surface area contributed by atoms with Gasteiger partial charge in [-0.1, -0.05) is 24.3 Å². The Morgan fingerprint density at radius 3 is 2.59 bits per heavy atom. The maximum absolute atomic E-state index is 13.5. The van der Waals surface area contributed by atoms with Crippen LogP contribution in [0.15, 0.2) is 47.4 Å². The number of sulfonamides is 1. The van der Waals surface area contributed by atoms with E-state index in [0.29, 0.717) is 19.5 Å². The van der Waals surface area contributed by atoms with Gasteiger partial charge in [-0.25, -0.2) is 12.8 Å². The van der Waals surface area contributed by atoms with E-state index in [9.17, 15) is 12.8 Å². The lowest BCUT2D eigenvalue weighted by atomic mass is 10.0. The second kappa shape index (κ2) is 5.70. The van der Waals surface area contributed by atoms with Crippen molar-refractivity contribution in [1.82, 2.24) is 4.31 Å². The number of ether oxygens (including phenoxy) is 1. The number of halogens is 1. The summed E-state index contributed by atoms with van der Waals surface area (Å²) < 4.78 is 45.2. The number of hydrogen-bond donors (Lipinski definition) is 0. The van der Waals surface area contributed by atoms with Crippen LogP contribution >= 0.6 is 0 Å². The van der Waals surface area contributed by atoms with Gasteiger partial charge in [-0.3, -0.25) is 0 Å². The highest BCUT2D eigenvalue weighted by Gasteiger charge is 2.28. The van der Waals surface area contributed by atoms with E-state index in [-0.39, 0.29) is 10.6 Å². The molecule has 22 heavy (non-hydrogen) atoms. The van der Waals surface area contributed by atoms with Gasteiger partial charge in [0.25, 0.3) is 0 Å². The van der Waals surface area contributed by atoms with Gasteiger partial charge in [-0.2, -0.15) is 4.31 Å². The summed E-state index contributed by atoms with van der Waals surface area (Å²) in [6, 6.07) is 11.4. The Kier molecular flexibility index (Phi) is 3.88. The van der Waals surface area contributed by atoms with Crippen molar-refractivity contribution in [2.24, 2.45) is 0 Å². The van der Waals surface area contributed by atoms with Crippen molar-refractivity contribution in [3.8, 4) is 5.75 Å². The van der Waals surface area contributed by atoms with E-state index in [2.05, 4.69) is 0 Å². The molecule has 2 aromatic rings. The van der Waals surface area contributed by atoms with Crippen LogP contribution < -0.4 is 4.74 Å². The molecule has 6 heteroatoms. The second-order valence-electron chi connectivity index (χ2n) is 5.15. The molecule has 0 fully saturated rings. The molecule has 1 heterocycles. The highest BCUT2D eigenvalue weighted by atomic mass is 32.2. The molecule has 4 nitrogen and oxygen atoms in total. The standard InChI is InChI=1S/C16H16FNO3S/c1-21-16-10-14(6-7-15(16)17)22(19,20)18-9-8-12-4-2-3-5-13(12)11-18/h2-7,10H,8-9,11H2,1H3. The Balaban J connectivity index is 1.94. The number of benzene rings is 2. The Morgan fingerprint density at radius 1 is 1.14 bits per heavy atom. The molecule has 1 aliphatic rings. The van der Waals surface area contributed by atoms with Crippen molar-refractivity contribution in [2.45, 2.75) is 17.9 Å². The van der Waals surface area contributed by atoms with Gasteiger partial charge >= 0.3 is 0 Å². The Morgan fingerprint density at radius 2 is 1.86 bits per heavy atom.